The van der Waals surface area contributed by atoms with E-state index in [1.165, 1.54) is 0 Å². The molecule has 18 heavy (non-hydrogen) atoms. The molecule has 1 amide bonds. The first-order valence-electron chi connectivity index (χ1n) is 5.68. The van der Waals surface area contributed by atoms with Crippen molar-refractivity contribution in [3.8, 4) is 0 Å². The van der Waals surface area contributed by atoms with Crippen molar-refractivity contribution in [2.45, 2.75) is 13.3 Å². The molecule has 2 N–H and O–H groups in total. The van der Waals surface area contributed by atoms with Gasteiger partial charge in [0.2, 0.25) is 0 Å². The average molecular weight is 308 g/mol. The second-order valence-electron chi connectivity index (χ2n) is 4.04. The van der Waals surface area contributed by atoms with Gasteiger partial charge in [-0.1, -0.05) is 22.0 Å². The van der Waals surface area contributed by atoms with Gasteiger partial charge in [-0.3, -0.25) is 4.79 Å². The third-order valence-electron chi connectivity index (χ3n) is 2.68. The number of carbonyl (C=O) groups is 1. The first-order chi connectivity index (χ1) is 8.66. The fourth-order valence-corrected chi connectivity index (χ4v) is 2.03. The zero-order valence-electron chi connectivity index (χ0n) is 10.0. The molecule has 1 aromatic carbocycles. The summed E-state index contributed by atoms with van der Waals surface area (Å²) in [6, 6.07) is 5.69. The molecule has 2 rings (SSSR count). The summed E-state index contributed by atoms with van der Waals surface area (Å²) in [4.78, 5) is 18.9. The van der Waals surface area contributed by atoms with Crippen LogP contribution in [-0.4, -0.2) is 22.4 Å². The Labute approximate surface area is 114 Å². The van der Waals surface area contributed by atoms with E-state index in [4.69, 9.17) is 0 Å². The third-order valence-corrected chi connectivity index (χ3v) is 3.17. The molecule has 0 atom stereocenters. The summed E-state index contributed by atoms with van der Waals surface area (Å²) in [6.45, 7) is 2.52. The molecule has 0 aliphatic rings. The number of hydrogen-bond donors (Lipinski definition) is 2. The van der Waals surface area contributed by atoms with Gasteiger partial charge in [-0.15, -0.1) is 0 Å². The Morgan fingerprint density at radius 3 is 3.06 bits per heavy atom. The average Bonchev–Trinajstić information content (AvgIpc) is 2.85. The summed E-state index contributed by atoms with van der Waals surface area (Å²) in [5.41, 5.74) is 2.69. The number of benzene rings is 1. The normalized spacial score (nSPS) is 10.3. The Kier molecular flexibility index (Phi) is 4.15. The van der Waals surface area contributed by atoms with E-state index in [9.17, 15) is 4.79 Å². The minimum absolute atomic E-state index is 0.0479. The van der Waals surface area contributed by atoms with E-state index in [0.717, 1.165) is 22.2 Å². The molecule has 0 bridgehead atoms. The van der Waals surface area contributed by atoms with Crippen LogP contribution in [0.4, 0.5) is 0 Å². The molecule has 94 valence electrons. The maximum absolute atomic E-state index is 12.0. The SMILES string of the molecule is Cc1ccc(Br)cc1C(=O)NCCc1cnc[nH]1. The number of rotatable bonds is 4. The highest BCUT2D eigenvalue weighted by atomic mass is 79.9. The number of H-pyrrole nitrogens is 1. The molecular weight excluding hydrogens is 294 g/mol. The van der Waals surface area contributed by atoms with Crippen molar-refractivity contribution in [2.75, 3.05) is 6.54 Å². The molecule has 2 aromatic rings. The number of amides is 1. The predicted molar refractivity (Wildman–Crippen MR) is 73.5 cm³/mol. The van der Waals surface area contributed by atoms with Crippen LogP contribution in [0.5, 0.6) is 0 Å². The number of nitrogens with zero attached hydrogens (tertiary/aromatic N) is 1. The zero-order chi connectivity index (χ0) is 13.0. The molecule has 0 aliphatic heterocycles. The number of aromatic amines is 1. The second kappa shape index (κ2) is 5.82. The van der Waals surface area contributed by atoms with Crippen molar-refractivity contribution >= 4 is 21.8 Å². The smallest absolute Gasteiger partial charge is 0.251 e. The van der Waals surface area contributed by atoms with Gasteiger partial charge < -0.3 is 10.3 Å². The minimum atomic E-state index is -0.0479. The maximum atomic E-state index is 12.0. The van der Waals surface area contributed by atoms with Crippen LogP contribution in [-0.2, 0) is 6.42 Å². The Hall–Kier alpha value is -1.62. The van der Waals surface area contributed by atoms with Crippen LogP contribution < -0.4 is 5.32 Å². The van der Waals surface area contributed by atoms with Crippen molar-refractivity contribution in [1.29, 1.82) is 0 Å². The monoisotopic (exact) mass is 307 g/mol. The van der Waals surface area contributed by atoms with Crippen LogP contribution >= 0.6 is 15.9 Å². The van der Waals surface area contributed by atoms with E-state index in [1.807, 2.05) is 25.1 Å². The standard InChI is InChI=1S/C13H14BrN3O/c1-9-2-3-10(14)6-12(9)13(18)16-5-4-11-7-15-8-17-11/h2-3,6-8H,4-5H2,1H3,(H,15,17)(H,16,18). The Bertz CT molecular complexity index is 537. The fraction of sp³-hybridized carbons (Fsp3) is 0.231. The van der Waals surface area contributed by atoms with Gasteiger partial charge in [-0.05, 0) is 24.6 Å². The summed E-state index contributed by atoms with van der Waals surface area (Å²) in [6.07, 6.45) is 4.14. The van der Waals surface area contributed by atoms with E-state index < -0.39 is 0 Å². The van der Waals surface area contributed by atoms with Gasteiger partial charge >= 0.3 is 0 Å². The van der Waals surface area contributed by atoms with E-state index in [-0.39, 0.29) is 5.91 Å². The van der Waals surface area contributed by atoms with Gasteiger partial charge in [0.1, 0.15) is 0 Å². The number of halogens is 1. The van der Waals surface area contributed by atoms with Crippen molar-refractivity contribution in [3.63, 3.8) is 0 Å². The van der Waals surface area contributed by atoms with Gasteiger partial charge in [-0.25, -0.2) is 4.98 Å². The summed E-state index contributed by atoms with van der Waals surface area (Å²) in [7, 11) is 0. The molecule has 1 heterocycles. The Morgan fingerprint density at radius 1 is 1.50 bits per heavy atom. The summed E-state index contributed by atoms with van der Waals surface area (Å²) in [5.74, 6) is -0.0479. The number of imidazole rings is 1. The van der Waals surface area contributed by atoms with Crippen LogP contribution in [0.1, 0.15) is 21.6 Å². The largest absolute Gasteiger partial charge is 0.352 e. The number of carbonyl (C=O) groups excluding carboxylic acids is 1. The number of nitrogens with one attached hydrogen (secondary N) is 2. The molecule has 0 unspecified atom stereocenters. The van der Waals surface area contributed by atoms with Crippen LogP contribution in [0.25, 0.3) is 0 Å². The Morgan fingerprint density at radius 2 is 2.33 bits per heavy atom. The van der Waals surface area contributed by atoms with Crippen molar-refractivity contribution < 1.29 is 4.79 Å². The summed E-state index contributed by atoms with van der Waals surface area (Å²) in [5, 5.41) is 2.90. The van der Waals surface area contributed by atoms with Gasteiger partial charge in [0.15, 0.2) is 0 Å². The number of hydrogen-bond acceptors (Lipinski definition) is 2. The molecule has 0 radical (unpaired) electrons. The maximum Gasteiger partial charge on any atom is 0.251 e. The molecule has 5 heteroatoms. The fourth-order valence-electron chi connectivity index (χ4n) is 1.67. The first kappa shape index (κ1) is 12.8. The van der Waals surface area contributed by atoms with Gasteiger partial charge in [0, 0.05) is 34.9 Å². The topological polar surface area (TPSA) is 57.8 Å². The highest BCUT2D eigenvalue weighted by molar-refractivity contribution is 9.10. The number of aromatic nitrogens is 2. The molecule has 0 saturated carbocycles. The lowest BCUT2D eigenvalue weighted by molar-refractivity contribution is 0.0953. The van der Waals surface area contributed by atoms with Crippen molar-refractivity contribution in [2.24, 2.45) is 0 Å². The van der Waals surface area contributed by atoms with Crippen LogP contribution in [0.15, 0.2) is 35.2 Å². The van der Waals surface area contributed by atoms with Gasteiger partial charge in [-0.2, -0.15) is 0 Å². The van der Waals surface area contributed by atoms with Crippen LogP contribution in [0, 0.1) is 6.92 Å². The van der Waals surface area contributed by atoms with Crippen LogP contribution in [0.3, 0.4) is 0 Å². The molecule has 0 saturated heterocycles. The van der Waals surface area contributed by atoms with E-state index in [2.05, 4.69) is 31.2 Å². The van der Waals surface area contributed by atoms with Crippen molar-refractivity contribution in [1.82, 2.24) is 15.3 Å². The molecule has 0 fully saturated rings. The highest BCUT2D eigenvalue weighted by Crippen LogP contribution is 2.15. The molecule has 4 nitrogen and oxygen atoms in total. The Balaban J connectivity index is 1.93. The number of aryl methyl sites for hydroxylation is 1. The highest BCUT2D eigenvalue weighted by Gasteiger charge is 2.08. The van der Waals surface area contributed by atoms with E-state index in [0.29, 0.717) is 12.1 Å². The van der Waals surface area contributed by atoms with E-state index >= 15 is 0 Å². The van der Waals surface area contributed by atoms with Crippen molar-refractivity contribution in [3.05, 3.63) is 52.0 Å². The second-order valence-corrected chi connectivity index (χ2v) is 4.96. The molecule has 1 aromatic heterocycles. The van der Waals surface area contributed by atoms with Gasteiger partial charge in [0.25, 0.3) is 5.91 Å². The molecule has 0 aliphatic carbocycles. The quantitative estimate of drug-likeness (QED) is 0.911. The summed E-state index contributed by atoms with van der Waals surface area (Å²) < 4.78 is 0.909. The lowest BCUT2D eigenvalue weighted by Gasteiger charge is -2.07. The lowest BCUT2D eigenvalue weighted by atomic mass is 10.1. The molecule has 0 spiro atoms. The predicted octanol–water partition coefficient (Wildman–Crippen LogP) is 2.45. The van der Waals surface area contributed by atoms with Crippen LogP contribution in [0.2, 0.25) is 0 Å². The minimum Gasteiger partial charge on any atom is -0.352 e. The van der Waals surface area contributed by atoms with E-state index in [1.54, 1.807) is 12.5 Å². The molecular formula is C13H14BrN3O. The van der Waals surface area contributed by atoms with Gasteiger partial charge in [0.05, 0.1) is 6.33 Å². The zero-order valence-corrected chi connectivity index (χ0v) is 11.6. The lowest BCUT2D eigenvalue weighted by Crippen LogP contribution is -2.26. The summed E-state index contributed by atoms with van der Waals surface area (Å²) >= 11 is 3.37. The first-order valence-corrected chi connectivity index (χ1v) is 6.47. The third kappa shape index (κ3) is 3.20.